The van der Waals surface area contributed by atoms with Crippen molar-refractivity contribution in [1.82, 2.24) is 9.21 Å². The highest BCUT2D eigenvalue weighted by atomic mass is 32.2. The first-order valence-electron chi connectivity index (χ1n) is 7.33. The van der Waals surface area contributed by atoms with Crippen LogP contribution in [0.25, 0.3) is 0 Å². The third-order valence-electron chi connectivity index (χ3n) is 4.65. The second kappa shape index (κ2) is 5.99. The number of carboxylic acids is 1. The Balaban J connectivity index is 2.13. The Morgan fingerprint density at radius 2 is 2.00 bits per heavy atom. The van der Waals surface area contributed by atoms with Crippen molar-refractivity contribution < 1.29 is 18.3 Å². The molecule has 0 bridgehead atoms. The summed E-state index contributed by atoms with van der Waals surface area (Å²) >= 11 is 0. The minimum absolute atomic E-state index is 0.188. The lowest BCUT2D eigenvalue weighted by Gasteiger charge is -2.39. The molecule has 1 aliphatic heterocycles. The number of hydrogen-bond donors (Lipinski definition) is 1. The Morgan fingerprint density at radius 3 is 2.55 bits per heavy atom. The van der Waals surface area contributed by atoms with Gasteiger partial charge in [0.1, 0.15) is 0 Å². The standard InChI is InChI=1S/C13H24N2O4S/c1-3-14-7-8-15(9-10(14)2)20(18,19)12-6-4-5-11(12)13(16)17/h10-12H,3-9H2,1-2H3,(H,16,17). The van der Waals surface area contributed by atoms with Gasteiger partial charge in [0.25, 0.3) is 0 Å². The van der Waals surface area contributed by atoms with Crippen LogP contribution in [0.1, 0.15) is 33.1 Å². The Morgan fingerprint density at radius 1 is 1.30 bits per heavy atom. The van der Waals surface area contributed by atoms with Gasteiger partial charge >= 0.3 is 5.97 Å². The largest absolute Gasteiger partial charge is 0.481 e. The van der Waals surface area contributed by atoms with Crippen LogP contribution in [0.3, 0.4) is 0 Å². The van der Waals surface area contributed by atoms with Crippen LogP contribution in [0.15, 0.2) is 0 Å². The molecule has 0 aromatic heterocycles. The number of carbonyl (C=O) groups is 1. The van der Waals surface area contributed by atoms with Gasteiger partial charge in [0.05, 0.1) is 11.2 Å². The van der Waals surface area contributed by atoms with Gasteiger partial charge in [0.15, 0.2) is 0 Å². The number of sulfonamides is 1. The number of nitrogens with zero attached hydrogens (tertiary/aromatic N) is 2. The van der Waals surface area contributed by atoms with Crippen molar-refractivity contribution in [3.63, 3.8) is 0 Å². The highest BCUT2D eigenvalue weighted by Crippen LogP contribution is 2.33. The third kappa shape index (κ3) is 2.84. The van der Waals surface area contributed by atoms with Crippen LogP contribution in [0, 0.1) is 5.92 Å². The van der Waals surface area contributed by atoms with E-state index in [1.807, 2.05) is 6.92 Å². The van der Waals surface area contributed by atoms with Gasteiger partial charge in [-0.15, -0.1) is 0 Å². The molecule has 2 aliphatic rings. The lowest BCUT2D eigenvalue weighted by atomic mass is 10.1. The van der Waals surface area contributed by atoms with E-state index in [4.69, 9.17) is 0 Å². The fraction of sp³-hybridized carbons (Fsp3) is 0.923. The van der Waals surface area contributed by atoms with Gasteiger partial charge in [0, 0.05) is 25.7 Å². The lowest BCUT2D eigenvalue weighted by molar-refractivity contribution is -0.141. The SMILES string of the molecule is CCN1CCN(S(=O)(=O)C2CCCC2C(=O)O)CC1C. The van der Waals surface area contributed by atoms with Gasteiger partial charge in [-0.25, -0.2) is 8.42 Å². The molecule has 1 N–H and O–H groups in total. The first-order valence-corrected chi connectivity index (χ1v) is 8.84. The monoisotopic (exact) mass is 304 g/mol. The van der Waals surface area contributed by atoms with E-state index in [2.05, 4.69) is 11.8 Å². The quantitative estimate of drug-likeness (QED) is 0.823. The maximum atomic E-state index is 12.7. The zero-order valence-electron chi connectivity index (χ0n) is 12.2. The summed E-state index contributed by atoms with van der Waals surface area (Å²) in [5.41, 5.74) is 0. The van der Waals surface area contributed by atoms with Crippen molar-refractivity contribution in [2.75, 3.05) is 26.2 Å². The summed E-state index contributed by atoms with van der Waals surface area (Å²) < 4.78 is 26.9. The number of piperazine rings is 1. The molecule has 1 saturated heterocycles. The molecule has 0 radical (unpaired) electrons. The third-order valence-corrected chi connectivity index (χ3v) is 7.03. The van der Waals surface area contributed by atoms with Gasteiger partial charge < -0.3 is 5.11 Å². The zero-order chi connectivity index (χ0) is 14.9. The second-order valence-corrected chi connectivity index (χ2v) is 7.95. The summed E-state index contributed by atoms with van der Waals surface area (Å²) in [6.07, 6.45) is 1.64. The van der Waals surface area contributed by atoms with Crippen molar-refractivity contribution in [2.24, 2.45) is 5.92 Å². The van der Waals surface area contributed by atoms with Crippen molar-refractivity contribution in [3.05, 3.63) is 0 Å². The van der Waals surface area contributed by atoms with Crippen LogP contribution < -0.4 is 0 Å². The molecule has 3 atom stereocenters. The molecule has 6 nitrogen and oxygen atoms in total. The molecule has 0 spiro atoms. The molecular formula is C13H24N2O4S. The lowest BCUT2D eigenvalue weighted by Crippen LogP contribution is -2.55. The minimum atomic E-state index is -3.49. The van der Waals surface area contributed by atoms with Crippen LogP contribution in [-0.4, -0.2) is 66.2 Å². The average molecular weight is 304 g/mol. The predicted molar refractivity (Wildman–Crippen MR) is 76.0 cm³/mol. The summed E-state index contributed by atoms with van der Waals surface area (Å²) in [6, 6.07) is 0.188. The molecule has 1 heterocycles. The Bertz CT molecular complexity index is 465. The van der Waals surface area contributed by atoms with Crippen LogP contribution in [-0.2, 0) is 14.8 Å². The van der Waals surface area contributed by atoms with Gasteiger partial charge in [-0.2, -0.15) is 4.31 Å². The molecule has 2 rings (SSSR count). The Kier molecular flexibility index (Phi) is 4.71. The van der Waals surface area contributed by atoms with Gasteiger partial charge in [-0.1, -0.05) is 13.3 Å². The molecule has 0 aromatic carbocycles. The predicted octanol–water partition coefficient (Wildman–Crippen LogP) is 0.596. The highest BCUT2D eigenvalue weighted by Gasteiger charge is 2.45. The number of carboxylic acid groups (broad SMARTS) is 1. The first kappa shape index (κ1) is 15.7. The molecule has 1 aliphatic carbocycles. The van der Waals surface area contributed by atoms with E-state index >= 15 is 0 Å². The Hall–Kier alpha value is -0.660. The molecule has 7 heteroatoms. The van der Waals surface area contributed by atoms with Crippen LogP contribution in [0.2, 0.25) is 0 Å². The zero-order valence-corrected chi connectivity index (χ0v) is 13.0. The Labute approximate surface area is 120 Å². The van der Waals surface area contributed by atoms with E-state index in [-0.39, 0.29) is 6.04 Å². The minimum Gasteiger partial charge on any atom is -0.481 e. The fourth-order valence-electron chi connectivity index (χ4n) is 3.42. The van der Waals surface area contributed by atoms with E-state index in [0.29, 0.717) is 32.4 Å². The van der Waals surface area contributed by atoms with E-state index < -0.39 is 27.2 Å². The summed E-state index contributed by atoms with van der Waals surface area (Å²) in [5, 5.41) is 8.45. The normalized spacial score (nSPS) is 33.4. The summed E-state index contributed by atoms with van der Waals surface area (Å²) in [5.74, 6) is -1.71. The first-order chi connectivity index (χ1) is 9.37. The second-order valence-electron chi connectivity index (χ2n) is 5.79. The number of aliphatic carboxylic acids is 1. The molecule has 20 heavy (non-hydrogen) atoms. The van der Waals surface area contributed by atoms with Crippen molar-refractivity contribution in [1.29, 1.82) is 0 Å². The molecule has 0 aromatic rings. The van der Waals surface area contributed by atoms with E-state index in [1.165, 1.54) is 4.31 Å². The van der Waals surface area contributed by atoms with Gasteiger partial charge in [-0.3, -0.25) is 9.69 Å². The summed E-state index contributed by atoms with van der Waals surface area (Å²) in [6.45, 7) is 6.67. The number of hydrogen-bond acceptors (Lipinski definition) is 4. The molecule has 1 saturated carbocycles. The average Bonchev–Trinajstić information content (AvgIpc) is 2.88. The number of rotatable bonds is 4. The summed E-state index contributed by atoms with van der Waals surface area (Å²) in [7, 11) is -3.49. The van der Waals surface area contributed by atoms with Crippen molar-refractivity contribution >= 4 is 16.0 Å². The molecule has 0 amide bonds. The van der Waals surface area contributed by atoms with Crippen LogP contribution in [0.5, 0.6) is 0 Å². The fourth-order valence-corrected chi connectivity index (χ4v) is 5.69. The van der Waals surface area contributed by atoms with Gasteiger partial charge in [0.2, 0.25) is 10.0 Å². The topological polar surface area (TPSA) is 77.9 Å². The van der Waals surface area contributed by atoms with Crippen LogP contribution in [0.4, 0.5) is 0 Å². The van der Waals surface area contributed by atoms with Crippen molar-refractivity contribution in [2.45, 2.75) is 44.4 Å². The molecular weight excluding hydrogens is 280 g/mol. The van der Waals surface area contributed by atoms with Gasteiger partial charge in [-0.05, 0) is 26.3 Å². The van der Waals surface area contributed by atoms with E-state index in [0.717, 1.165) is 13.1 Å². The molecule has 116 valence electrons. The molecule has 2 fully saturated rings. The maximum Gasteiger partial charge on any atom is 0.307 e. The number of likely N-dealkylation sites (N-methyl/N-ethyl adjacent to an activating group) is 1. The van der Waals surface area contributed by atoms with E-state index in [1.54, 1.807) is 0 Å². The van der Waals surface area contributed by atoms with Crippen LogP contribution >= 0.6 is 0 Å². The van der Waals surface area contributed by atoms with E-state index in [9.17, 15) is 18.3 Å². The van der Waals surface area contributed by atoms with Crippen molar-refractivity contribution in [3.8, 4) is 0 Å². The highest BCUT2D eigenvalue weighted by molar-refractivity contribution is 7.89. The molecule has 3 unspecified atom stereocenters. The maximum absolute atomic E-state index is 12.7. The summed E-state index contributed by atoms with van der Waals surface area (Å²) in [4.78, 5) is 13.5. The smallest absolute Gasteiger partial charge is 0.307 e.